The van der Waals surface area contributed by atoms with Gasteiger partial charge in [0.25, 0.3) is 5.56 Å². The Kier molecular flexibility index (Phi) is 2.91. The van der Waals surface area contributed by atoms with Gasteiger partial charge in [0.15, 0.2) is 0 Å². The van der Waals surface area contributed by atoms with Crippen LogP contribution in [0.2, 0.25) is 0 Å². The van der Waals surface area contributed by atoms with Crippen LogP contribution in [0.25, 0.3) is 10.2 Å². The molecular formula is C14H13N3OS. The maximum absolute atomic E-state index is 12.5. The molecule has 0 saturated carbocycles. The van der Waals surface area contributed by atoms with Crippen molar-refractivity contribution in [1.29, 1.82) is 0 Å². The molecule has 0 amide bonds. The molecule has 3 aromatic heterocycles. The first kappa shape index (κ1) is 12.0. The predicted octanol–water partition coefficient (Wildman–Crippen LogP) is 2.77. The van der Waals surface area contributed by atoms with Crippen LogP contribution in [0.5, 0.6) is 0 Å². The van der Waals surface area contributed by atoms with Crippen molar-refractivity contribution in [3.05, 3.63) is 57.7 Å². The van der Waals surface area contributed by atoms with Gasteiger partial charge in [0.05, 0.1) is 17.9 Å². The van der Waals surface area contributed by atoms with Crippen LogP contribution in [0.1, 0.15) is 24.1 Å². The molecule has 0 unspecified atom stereocenters. The zero-order valence-corrected chi connectivity index (χ0v) is 11.5. The average molecular weight is 271 g/mol. The summed E-state index contributed by atoms with van der Waals surface area (Å²) < 4.78 is 2.38. The van der Waals surface area contributed by atoms with E-state index < -0.39 is 0 Å². The Morgan fingerprint density at radius 3 is 3.00 bits per heavy atom. The SMILES string of the molecule is Cc1csc2c(=O)n([C@@H](C)c3cccnc3)cnc12. The third kappa shape index (κ3) is 1.96. The van der Waals surface area contributed by atoms with E-state index in [-0.39, 0.29) is 11.6 Å². The van der Waals surface area contributed by atoms with E-state index in [0.29, 0.717) is 0 Å². The fourth-order valence-corrected chi connectivity index (χ4v) is 3.04. The van der Waals surface area contributed by atoms with Crippen LogP contribution in [0.4, 0.5) is 0 Å². The van der Waals surface area contributed by atoms with Crippen LogP contribution < -0.4 is 5.56 Å². The van der Waals surface area contributed by atoms with Gasteiger partial charge in [-0.15, -0.1) is 11.3 Å². The molecule has 0 saturated heterocycles. The first-order valence-corrected chi connectivity index (χ1v) is 6.91. The number of rotatable bonds is 2. The summed E-state index contributed by atoms with van der Waals surface area (Å²) in [7, 11) is 0. The van der Waals surface area contributed by atoms with E-state index in [4.69, 9.17) is 0 Å². The Labute approximate surface area is 114 Å². The second kappa shape index (κ2) is 4.59. The fourth-order valence-electron chi connectivity index (χ4n) is 2.10. The zero-order chi connectivity index (χ0) is 13.4. The Morgan fingerprint density at radius 2 is 2.26 bits per heavy atom. The molecule has 19 heavy (non-hydrogen) atoms. The lowest BCUT2D eigenvalue weighted by Crippen LogP contribution is -2.23. The Bertz CT molecular complexity index is 776. The molecule has 0 aliphatic heterocycles. The van der Waals surface area contributed by atoms with E-state index in [1.165, 1.54) is 11.3 Å². The highest BCUT2D eigenvalue weighted by Gasteiger charge is 2.13. The minimum atomic E-state index is -0.0690. The van der Waals surface area contributed by atoms with E-state index >= 15 is 0 Å². The van der Waals surface area contributed by atoms with Gasteiger partial charge < -0.3 is 0 Å². The minimum Gasteiger partial charge on any atom is -0.291 e. The van der Waals surface area contributed by atoms with Crippen molar-refractivity contribution in [2.45, 2.75) is 19.9 Å². The van der Waals surface area contributed by atoms with Crippen molar-refractivity contribution < 1.29 is 0 Å². The molecule has 4 nitrogen and oxygen atoms in total. The second-order valence-electron chi connectivity index (χ2n) is 4.52. The summed E-state index contributed by atoms with van der Waals surface area (Å²) in [6.07, 6.45) is 5.13. The normalized spacial score (nSPS) is 12.7. The van der Waals surface area contributed by atoms with E-state index in [2.05, 4.69) is 9.97 Å². The molecule has 3 heterocycles. The number of hydrogen-bond acceptors (Lipinski definition) is 4. The molecule has 0 radical (unpaired) electrons. The second-order valence-corrected chi connectivity index (χ2v) is 5.40. The van der Waals surface area contributed by atoms with E-state index in [1.807, 2.05) is 31.4 Å². The molecular weight excluding hydrogens is 258 g/mol. The van der Waals surface area contributed by atoms with Gasteiger partial charge in [0, 0.05) is 12.4 Å². The number of aryl methyl sites for hydroxylation is 1. The lowest BCUT2D eigenvalue weighted by Gasteiger charge is -2.14. The molecule has 0 aliphatic rings. The molecule has 0 aromatic carbocycles. The first-order chi connectivity index (χ1) is 9.18. The maximum Gasteiger partial charge on any atom is 0.271 e. The molecule has 0 spiro atoms. The van der Waals surface area contributed by atoms with Gasteiger partial charge in [0.1, 0.15) is 4.70 Å². The fraction of sp³-hybridized carbons (Fsp3) is 0.214. The van der Waals surface area contributed by atoms with Crippen molar-refractivity contribution in [3.63, 3.8) is 0 Å². The van der Waals surface area contributed by atoms with Gasteiger partial charge in [0.2, 0.25) is 0 Å². The number of aromatic nitrogens is 3. The summed E-state index contributed by atoms with van der Waals surface area (Å²) in [6.45, 7) is 3.95. The Balaban J connectivity index is 2.16. The van der Waals surface area contributed by atoms with Gasteiger partial charge in [-0.05, 0) is 36.4 Å². The van der Waals surface area contributed by atoms with E-state index in [9.17, 15) is 4.79 Å². The zero-order valence-electron chi connectivity index (χ0n) is 10.7. The molecule has 3 aromatic rings. The van der Waals surface area contributed by atoms with Gasteiger partial charge >= 0.3 is 0 Å². The summed E-state index contributed by atoms with van der Waals surface area (Å²) in [5, 5.41) is 1.97. The molecule has 0 N–H and O–H groups in total. The van der Waals surface area contributed by atoms with Crippen molar-refractivity contribution in [3.8, 4) is 0 Å². The van der Waals surface area contributed by atoms with Crippen molar-refractivity contribution >= 4 is 21.6 Å². The van der Waals surface area contributed by atoms with Crippen LogP contribution in [0.3, 0.4) is 0 Å². The minimum absolute atomic E-state index is 0.0134. The smallest absolute Gasteiger partial charge is 0.271 e. The molecule has 5 heteroatoms. The van der Waals surface area contributed by atoms with Crippen LogP contribution in [-0.4, -0.2) is 14.5 Å². The molecule has 96 valence electrons. The summed E-state index contributed by atoms with van der Waals surface area (Å²) in [4.78, 5) is 21.0. The van der Waals surface area contributed by atoms with E-state index in [1.54, 1.807) is 23.3 Å². The van der Waals surface area contributed by atoms with Crippen LogP contribution >= 0.6 is 11.3 Å². The number of thiophene rings is 1. The predicted molar refractivity (Wildman–Crippen MR) is 76.7 cm³/mol. The number of hydrogen-bond donors (Lipinski definition) is 0. The van der Waals surface area contributed by atoms with Gasteiger partial charge in [-0.25, -0.2) is 4.98 Å². The van der Waals surface area contributed by atoms with Gasteiger partial charge in [-0.3, -0.25) is 14.3 Å². The largest absolute Gasteiger partial charge is 0.291 e. The molecule has 0 bridgehead atoms. The van der Waals surface area contributed by atoms with Crippen molar-refractivity contribution in [2.75, 3.05) is 0 Å². The quantitative estimate of drug-likeness (QED) is 0.720. The lowest BCUT2D eigenvalue weighted by atomic mass is 10.1. The van der Waals surface area contributed by atoms with Crippen LogP contribution in [0, 0.1) is 6.92 Å². The molecule has 0 fully saturated rings. The van der Waals surface area contributed by atoms with Gasteiger partial charge in [-0.2, -0.15) is 0 Å². The third-order valence-electron chi connectivity index (χ3n) is 3.27. The first-order valence-electron chi connectivity index (χ1n) is 6.03. The summed E-state index contributed by atoms with van der Waals surface area (Å²) in [5.74, 6) is 0. The third-order valence-corrected chi connectivity index (χ3v) is 4.34. The topological polar surface area (TPSA) is 47.8 Å². The number of pyridine rings is 1. The molecule has 0 aliphatic carbocycles. The van der Waals surface area contributed by atoms with Crippen LogP contribution in [-0.2, 0) is 0 Å². The van der Waals surface area contributed by atoms with Crippen LogP contribution in [0.15, 0.2) is 41.0 Å². The molecule has 1 atom stereocenters. The monoisotopic (exact) mass is 271 g/mol. The Morgan fingerprint density at radius 1 is 1.42 bits per heavy atom. The summed E-state index contributed by atoms with van der Waals surface area (Å²) in [6, 6.07) is 3.77. The van der Waals surface area contributed by atoms with Crippen molar-refractivity contribution in [1.82, 2.24) is 14.5 Å². The standard InChI is InChI=1S/C14H13N3OS/c1-9-7-19-13-12(9)16-8-17(14(13)18)10(2)11-4-3-5-15-6-11/h3-8,10H,1-2H3/t10-/m0/s1. The van der Waals surface area contributed by atoms with E-state index in [0.717, 1.165) is 21.3 Å². The highest BCUT2D eigenvalue weighted by molar-refractivity contribution is 7.17. The highest BCUT2D eigenvalue weighted by atomic mass is 32.1. The van der Waals surface area contributed by atoms with Gasteiger partial charge in [-0.1, -0.05) is 6.07 Å². The van der Waals surface area contributed by atoms with Crippen molar-refractivity contribution in [2.24, 2.45) is 0 Å². The average Bonchev–Trinajstić information content (AvgIpc) is 2.82. The number of fused-ring (bicyclic) bond motifs is 1. The Hall–Kier alpha value is -2.01. The summed E-state index contributed by atoms with van der Waals surface area (Å²) in [5.41, 5.74) is 2.88. The maximum atomic E-state index is 12.5. The molecule has 3 rings (SSSR count). The summed E-state index contributed by atoms with van der Waals surface area (Å²) >= 11 is 1.46. The lowest BCUT2D eigenvalue weighted by molar-refractivity contribution is 0.607. The number of nitrogens with zero attached hydrogens (tertiary/aromatic N) is 3. The highest BCUT2D eigenvalue weighted by Crippen LogP contribution is 2.21.